The first-order valence-electron chi connectivity index (χ1n) is 8.52. The first-order chi connectivity index (χ1) is 13.5. The van der Waals surface area contributed by atoms with Crippen LogP contribution < -0.4 is 5.32 Å². The number of nitrogens with zero attached hydrogens (tertiary/aromatic N) is 1. The number of hydrogen-bond donors (Lipinski definition) is 1. The van der Waals surface area contributed by atoms with Gasteiger partial charge in [0.2, 0.25) is 5.91 Å². The number of rotatable bonds is 5. The van der Waals surface area contributed by atoms with Crippen LogP contribution >= 0.6 is 11.3 Å². The van der Waals surface area contributed by atoms with Gasteiger partial charge < -0.3 is 5.32 Å². The van der Waals surface area contributed by atoms with E-state index in [1.54, 1.807) is 12.1 Å². The first kappa shape index (κ1) is 18.4. The minimum absolute atomic E-state index is 0.0642. The van der Waals surface area contributed by atoms with Gasteiger partial charge >= 0.3 is 0 Å². The summed E-state index contributed by atoms with van der Waals surface area (Å²) in [7, 11) is -4.02. The molecular weight excluding hydrogens is 396 g/mol. The Morgan fingerprint density at radius 1 is 1.00 bits per heavy atom. The Morgan fingerprint density at radius 3 is 2.39 bits per heavy atom. The molecule has 28 heavy (non-hydrogen) atoms. The van der Waals surface area contributed by atoms with Crippen molar-refractivity contribution in [2.75, 3.05) is 6.54 Å². The lowest BCUT2D eigenvalue weighted by Gasteiger charge is -2.20. The number of carbonyl (C=O) groups is 2. The van der Waals surface area contributed by atoms with Gasteiger partial charge in [-0.05, 0) is 29.1 Å². The molecule has 0 saturated heterocycles. The Balaban J connectivity index is 1.58. The maximum atomic E-state index is 12.7. The number of fused-ring (bicyclic) bond motifs is 1. The molecule has 0 fully saturated rings. The van der Waals surface area contributed by atoms with Crippen molar-refractivity contribution in [2.45, 2.75) is 10.9 Å². The normalized spacial score (nSPS) is 15.9. The summed E-state index contributed by atoms with van der Waals surface area (Å²) in [6, 6.07) is 18.7. The van der Waals surface area contributed by atoms with E-state index in [0.717, 1.165) is 10.4 Å². The van der Waals surface area contributed by atoms with E-state index in [0.29, 0.717) is 4.31 Å². The number of benzene rings is 2. The quantitative estimate of drug-likeness (QED) is 0.699. The van der Waals surface area contributed by atoms with Crippen LogP contribution in [0.2, 0.25) is 0 Å². The third-order valence-corrected chi connectivity index (χ3v) is 7.19. The van der Waals surface area contributed by atoms with Crippen LogP contribution in [0.15, 0.2) is 77.0 Å². The van der Waals surface area contributed by atoms with Gasteiger partial charge in [-0.1, -0.05) is 48.5 Å². The molecule has 0 spiro atoms. The highest BCUT2D eigenvalue weighted by molar-refractivity contribution is 7.90. The van der Waals surface area contributed by atoms with Crippen molar-refractivity contribution in [2.24, 2.45) is 0 Å². The molecule has 6 nitrogen and oxygen atoms in total. The SMILES string of the molecule is O=C(CN1C(=O)c2ccccc2S1(=O)=O)N[C@H](c1ccccc1)c1cccs1. The zero-order valence-electron chi connectivity index (χ0n) is 14.6. The third kappa shape index (κ3) is 3.21. The highest BCUT2D eigenvalue weighted by atomic mass is 32.2. The Hall–Kier alpha value is -2.97. The standard InChI is InChI=1S/C20H16N2O4S2/c23-18(13-22-20(24)15-9-4-5-11-17(15)28(22,25)26)21-19(16-10-6-12-27-16)14-7-2-1-3-8-14/h1-12,19H,13H2,(H,21,23)/t19-/m1/s1. The van der Waals surface area contributed by atoms with E-state index in [1.807, 2.05) is 47.8 Å². The molecule has 0 aliphatic carbocycles. The predicted molar refractivity (Wildman–Crippen MR) is 105 cm³/mol. The maximum Gasteiger partial charge on any atom is 0.269 e. The van der Waals surface area contributed by atoms with Crippen LogP contribution in [0.4, 0.5) is 0 Å². The fourth-order valence-corrected chi connectivity index (χ4v) is 5.47. The number of hydrogen-bond acceptors (Lipinski definition) is 5. The lowest BCUT2D eigenvalue weighted by molar-refractivity contribution is -0.121. The average Bonchev–Trinajstić information content (AvgIpc) is 3.30. The Kier molecular flexibility index (Phi) is 4.74. The van der Waals surface area contributed by atoms with Gasteiger partial charge in [-0.2, -0.15) is 0 Å². The first-order valence-corrected chi connectivity index (χ1v) is 10.8. The van der Waals surface area contributed by atoms with Crippen LogP contribution in [0.3, 0.4) is 0 Å². The molecule has 0 unspecified atom stereocenters. The minimum atomic E-state index is -4.02. The fourth-order valence-electron chi connectivity index (χ4n) is 3.14. The molecule has 0 radical (unpaired) electrons. The summed E-state index contributed by atoms with van der Waals surface area (Å²) >= 11 is 1.49. The summed E-state index contributed by atoms with van der Waals surface area (Å²) in [5, 5.41) is 4.77. The molecule has 142 valence electrons. The monoisotopic (exact) mass is 412 g/mol. The van der Waals surface area contributed by atoms with E-state index in [1.165, 1.54) is 23.5 Å². The van der Waals surface area contributed by atoms with E-state index in [2.05, 4.69) is 5.32 Å². The molecular formula is C20H16N2O4S2. The lowest BCUT2D eigenvalue weighted by Crippen LogP contribution is -2.41. The molecule has 0 saturated carbocycles. The highest BCUT2D eigenvalue weighted by Gasteiger charge is 2.42. The summed E-state index contributed by atoms with van der Waals surface area (Å²) in [5.41, 5.74) is 0.963. The average molecular weight is 412 g/mol. The largest absolute Gasteiger partial charge is 0.343 e. The zero-order chi connectivity index (χ0) is 19.7. The van der Waals surface area contributed by atoms with Crippen molar-refractivity contribution in [3.05, 3.63) is 88.1 Å². The van der Waals surface area contributed by atoms with E-state index >= 15 is 0 Å². The molecule has 8 heteroatoms. The van der Waals surface area contributed by atoms with Gasteiger partial charge in [-0.3, -0.25) is 9.59 Å². The summed E-state index contributed by atoms with van der Waals surface area (Å²) < 4.78 is 25.9. The Bertz CT molecular complexity index is 1130. The number of carbonyl (C=O) groups excluding carboxylic acids is 2. The predicted octanol–water partition coefficient (Wildman–Crippen LogP) is 2.80. The van der Waals surface area contributed by atoms with Gasteiger partial charge in [0, 0.05) is 4.88 Å². The molecule has 1 aliphatic heterocycles. The molecule has 2 amide bonds. The second kappa shape index (κ2) is 7.21. The summed E-state index contributed by atoms with van der Waals surface area (Å²) in [4.78, 5) is 26.0. The van der Waals surface area contributed by atoms with Crippen LogP contribution in [0.5, 0.6) is 0 Å². The van der Waals surface area contributed by atoms with Gasteiger partial charge in [-0.25, -0.2) is 12.7 Å². The molecule has 0 bridgehead atoms. The van der Waals surface area contributed by atoms with E-state index in [-0.39, 0.29) is 10.5 Å². The molecule has 3 aromatic rings. The van der Waals surface area contributed by atoms with Crippen molar-refractivity contribution in [3.8, 4) is 0 Å². The second-order valence-corrected chi connectivity index (χ2v) is 9.05. The molecule has 1 aliphatic rings. The third-order valence-electron chi connectivity index (χ3n) is 4.47. The molecule has 1 atom stereocenters. The Labute approximate surface area is 166 Å². The fraction of sp³-hybridized carbons (Fsp3) is 0.100. The molecule has 2 heterocycles. The number of nitrogens with one attached hydrogen (secondary N) is 1. The smallest absolute Gasteiger partial charge is 0.269 e. The molecule has 1 N–H and O–H groups in total. The van der Waals surface area contributed by atoms with Crippen LogP contribution in [-0.4, -0.2) is 31.1 Å². The number of amides is 2. The summed E-state index contributed by atoms with van der Waals surface area (Å²) in [6.07, 6.45) is 0. The van der Waals surface area contributed by atoms with Crippen LogP contribution in [-0.2, 0) is 14.8 Å². The molecule has 4 rings (SSSR count). The van der Waals surface area contributed by atoms with Crippen LogP contribution in [0.1, 0.15) is 26.8 Å². The number of thiophene rings is 1. The van der Waals surface area contributed by atoms with Crippen LogP contribution in [0.25, 0.3) is 0 Å². The van der Waals surface area contributed by atoms with Crippen molar-refractivity contribution in [1.29, 1.82) is 0 Å². The van der Waals surface area contributed by atoms with Gasteiger partial charge in [0.05, 0.1) is 11.6 Å². The maximum absolute atomic E-state index is 12.7. The van der Waals surface area contributed by atoms with Gasteiger partial charge in [0.25, 0.3) is 15.9 Å². The summed E-state index contributed by atoms with van der Waals surface area (Å²) in [5.74, 6) is -1.23. The number of sulfonamides is 1. The Morgan fingerprint density at radius 2 is 1.71 bits per heavy atom. The van der Waals surface area contributed by atoms with Crippen LogP contribution in [0, 0.1) is 0 Å². The van der Waals surface area contributed by atoms with Crippen molar-refractivity contribution < 1.29 is 18.0 Å². The van der Waals surface area contributed by atoms with Gasteiger partial charge in [-0.15, -0.1) is 11.3 Å². The van der Waals surface area contributed by atoms with Gasteiger partial charge in [0.1, 0.15) is 11.4 Å². The second-order valence-electron chi connectivity index (χ2n) is 6.24. The van der Waals surface area contributed by atoms with Crippen molar-refractivity contribution in [1.82, 2.24) is 9.62 Å². The van der Waals surface area contributed by atoms with E-state index < -0.39 is 34.4 Å². The highest BCUT2D eigenvalue weighted by Crippen LogP contribution is 2.30. The van der Waals surface area contributed by atoms with Crippen molar-refractivity contribution in [3.63, 3.8) is 0 Å². The topological polar surface area (TPSA) is 83.6 Å². The van der Waals surface area contributed by atoms with Gasteiger partial charge in [0.15, 0.2) is 0 Å². The molecule has 1 aromatic heterocycles. The minimum Gasteiger partial charge on any atom is -0.343 e. The zero-order valence-corrected chi connectivity index (χ0v) is 16.2. The molecule has 2 aromatic carbocycles. The summed E-state index contributed by atoms with van der Waals surface area (Å²) in [6.45, 7) is -0.565. The van der Waals surface area contributed by atoms with Crippen molar-refractivity contribution >= 4 is 33.2 Å². The van der Waals surface area contributed by atoms with E-state index in [9.17, 15) is 18.0 Å². The van der Waals surface area contributed by atoms with E-state index in [4.69, 9.17) is 0 Å². The lowest BCUT2D eigenvalue weighted by atomic mass is 10.1.